The fraction of sp³-hybridized carbons (Fsp3) is 0.320. The number of anilines is 1. The van der Waals surface area contributed by atoms with Crippen molar-refractivity contribution >= 4 is 17.1 Å². The molecule has 0 bridgehead atoms. The molecule has 2 aromatic rings. The number of fused-ring (bicyclic) bond motifs is 2. The topological polar surface area (TPSA) is 15.6 Å². The van der Waals surface area contributed by atoms with Crippen molar-refractivity contribution in [3.8, 4) is 0 Å². The van der Waals surface area contributed by atoms with E-state index in [9.17, 15) is 0 Å². The standard InChI is InChI=1S/C25H28N2/c1-6-27-21-15-10-8-13-19(21)25(4,5)23(27)17-11-16-22-24(2,3)18-12-7-9-14-20(18)26-22/h7-17H,6H2,1-5H3. The van der Waals surface area contributed by atoms with Gasteiger partial charge in [-0.15, -0.1) is 0 Å². The lowest BCUT2D eigenvalue weighted by molar-refractivity contribution is 0.634. The minimum atomic E-state index is -0.0514. The molecule has 0 fully saturated rings. The molecule has 0 N–H and O–H groups in total. The third kappa shape index (κ3) is 2.66. The summed E-state index contributed by atoms with van der Waals surface area (Å²) in [5, 5.41) is 0. The molecule has 0 unspecified atom stereocenters. The van der Waals surface area contributed by atoms with Gasteiger partial charge in [0, 0.05) is 28.8 Å². The van der Waals surface area contributed by atoms with Crippen LogP contribution in [0.2, 0.25) is 0 Å². The highest BCUT2D eigenvalue weighted by Gasteiger charge is 2.39. The van der Waals surface area contributed by atoms with E-state index in [1.807, 2.05) is 0 Å². The first-order valence-corrected chi connectivity index (χ1v) is 9.82. The van der Waals surface area contributed by atoms with E-state index in [4.69, 9.17) is 4.99 Å². The maximum absolute atomic E-state index is 4.87. The molecule has 2 aliphatic rings. The lowest BCUT2D eigenvalue weighted by Crippen LogP contribution is -2.26. The molecule has 2 heteroatoms. The van der Waals surface area contributed by atoms with Crippen molar-refractivity contribution in [1.82, 2.24) is 0 Å². The van der Waals surface area contributed by atoms with Crippen LogP contribution in [0, 0.1) is 0 Å². The zero-order chi connectivity index (χ0) is 19.2. The Balaban J connectivity index is 1.68. The molecule has 27 heavy (non-hydrogen) atoms. The number of para-hydroxylation sites is 2. The number of likely N-dealkylation sites (N-methyl/N-ethyl adjacent to an activating group) is 1. The second-order valence-electron chi connectivity index (χ2n) is 8.44. The molecule has 2 aliphatic heterocycles. The summed E-state index contributed by atoms with van der Waals surface area (Å²) in [4.78, 5) is 7.30. The van der Waals surface area contributed by atoms with Gasteiger partial charge in [0.05, 0.1) is 11.4 Å². The molecule has 2 heterocycles. The monoisotopic (exact) mass is 356 g/mol. The molecule has 138 valence electrons. The van der Waals surface area contributed by atoms with Crippen LogP contribution in [0.4, 0.5) is 11.4 Å². The van der Waals surface area contributed by atoms with Gasteiger partial charge in [0.1, 0.15) is 0 Å². The molecule has 0 aliphatic carbocycles. The summed E-state index contributed by atoms with van der Waals surface area (Å²) in [5.74, 6) is 0. The van der Waals surface area contributed by atoms with Gasteiger partial charge in [-0.25, -0.2) is 0 Å². The molecule has 0 atom stereocenters. The van der Waals surface area contributed by atoms with Crippen LogP contribution in [0.25, 0.3) is 0 Å². The molecule has 0 radical (unpaired) electrons. The molecule has 0 aromatic heterocycles. The highest BCUT2D eigenvalue weighted by molar-refractivity contribution is 6.08. The molecular formula is C25H28N2. The highest BCUT2D eigenvalue weighted by atomic mass is 15.2. The van der Waals surface area contributed by atoms with Crippen molar-refractivity contribution in [3.05, 3.63) is 83.6 Å². The fourth-order valence-electron chi connectivity index (χ4n) is 4.46. The van der Waals surface area contributed by atoms with Crippen molar-refractivity contribution in [2.45, 2.75) is 45.4 Å². The van der Waals surface area contributed by atoms with E-state index in [0.717, 1.165) is 17.9 Å². The van der Waals surface area contributed by atoms with Crippen LogP contribution in [0.1, 0.15) is 45.7 Å². The van der Waals surface area contributed by atoms with Gasteiger partial charge in [-0.05, 0) is 42.3 Å². The molecule has 0 spiro atoms. The first-order chi connectivity index (χ1) is 12.9. The molecule has 2 nitrogen and oxygen atoms in total. The third-order valence-corrected chi connectivity index (χ3v) is 6.08. The zero-order valence-electron chi connectivity index (χ0n) is 17.0. The second kappa shape index (κ2) is 6.23. The molecule has 0 amide bonds. The Morgan fingerprint density at radius 3 is 2.26 bits per heavy atom. The predicted octanol–water partition coefficient (Wildman–Crippen LogP) is 6.31. The van der Waals surface area contributed by atoms with Crippen LogP contribution < -0.4 is 4.90 Å². The van der Waals surface area contributed by atoms with E-state index in [1.165, 1.54) is 22.5 Å². The summed E-state index contributed by atoms with van der Waals surface area (Å²) >= 11 is 0. The minimum absolute atomic E-state index is 0.00686. The van der Waals surface area contributed by atoms with Gasteiger partial charge >= 0.3 is 0 Å². The summed E-state index contributed by atoms with van der Waals surface area (Å²) in [5.41, 5.74) is 7.55. The Labute approximate surface area is 162 Å². The maximum atomic E-state index is 4.87. The van der Waals surface area contributed by atoms with Gasteiger partial charge in [-0.2, -0.15) is 0 Å². The number of hydrogen-bond acceptors (Lipinski definition) is 2. The average molecular weight is 357 g/mol. The van der Waals surface area contributed by atoms with E-state index in [1.54, 1.807) is 0 Å². The number of aliphatic imine (C=N–C) groups is 1. The smallest absolute Gasteiger partial charge is 0.0674 e. The number of nitrogens with zero attached hydrogens (tertiary/aromatic N) is 2. The van der Waals surface area contributed by atoms with Gasteiger partial charge < -0.3 is 4.90 Å². The van der Waals surface area contributed by atoms with Crippen molar-refractivity contribution in [2.24, 2.45) is 4.99 Å². The summed E-state index contributed by atoms with van der Waals surface area (Å²) in [6.45, 7) is 12.3. The highest BCUT2D eigenvalue weighted by Crippen LogP contribution is 2.47. The van der Waals surface area contributed by atoms with Crippen LogP contribution >= 0.6 is 0 Å². The van der Waals surface area contributed by atoms with E-state index in [2.05, 4.69) is 106 Å². The van der Waals surface area contributed by atoms with E-state index < -0.39 is 0 Å². The van der Waals surface area contributed by atoms with Gasteiger partial charge in [0.2, 0.25) is 0 Å². The van der Waals surface area contributed by atoms with Crippen molar-refractivity contribution < 1.29 is 0 Å². The average Bonchev–Trinajstić information content (AvgIpc) is 3.04. The first kappa shape index (κ1) is 17.8. The largest absolute Gasteiger partial charge is 0.344 e. The Kier molecular flexibility index (Phi) is 4.10. The van der Waals surface area contributed by atoms with Gasteiger partial charge in [-0.3, -0.25) is 4.99 Å². The van der Waals surface area contributed by atoms with E-state index in [-0.39, 0.29) is 10.8 Å². The quantitative estimate of drug-likeness (QED) is 0.629. The number of rotatable bonds is 3. The van der Waals surface area contributed by atoms with Crippen molar-refractivity contribution in [3.63, 3.8) is 0 Å². The molecule has 2 aromatic carbocycles. The van der Waals surface area contributed by atoms with Gasteiger partial charge in [-0.1, -0.05) is 70.2 Å². The molecule has 0 saturated heterocycles. The van der Waals surface area contributed by atoms with Gasteiger partial charge in [0.15, 0.2) is 0 Å². The Morgan fingerprint density at radius 1 is 0.889 bits per heavy atom. The number of allylic oxidation sites excluding steroid dienone is 4. The van der Waals surface area contributed by atoms with Crippen molar-refractivity contribution in [1.29, 1.82) is 0 Å². The Bertz CT molecular complexity index is 973. The second-order valence-corrected chi connectivity index (χ2v) is 8.44. The van der Waals surface area contributed by atoms with Crippen LogP contribution in [-0.4, -0.2) is 12.3 Å². The third-order valence-electron chi connectivity index (χ3n) is 6.08. The zero-order valence-corrected chi connectivity index (χ0v) is 17.0. The fourth-order valence-corrected chi connectivity index (χ4v) is 4.46. The summed E-state index contributed by atoms with van der Waals surface area (Å²) in [7, 11) is 0. The summed E-state index contributed by atoms with van der Waals surface area (Å²) in [6.07, 6.45) is 6.63. The molecular weight excluding hydrogens is 328 g/mol. The Hall–Kier alpha value is -2.61. The maximum Gasteiger partial charge on any atom is 0.0674 e. The first-order valence-electron chi connectivity index (χ1n) is 9.82. The normalized spacial score (nSPS) is 20.9. The lowest BCUT2D eigenvalue weighted by Gasteiger charge is -2.26. The molecule has 4 rings (SSSR count). The SMILES string of the molecule is CCN1C(=CC=CC2=Nc3ccccc3C2(C)C)C(C)(C)c2ccccc21. The van der Waals surface area contributed by atoms with E-state index >= 15 is 0 Å². The minimum Gasteiger partial charge on any atom is -0.344 e. The summed E-state index contributed by atoms with van der Waals surface area (Å²) in [6, 6.07) is 17.2. The number of hydrogen-bond donors (Lipinski definition) is 0. The predicted molar refractivity (Wildman–Crippen MR) is 116 cm³/mol. The summed E-state index contributed by atoms with van der Waals surface area (Å²) < 4.78 is 0. The number of benzene rings is 2. The van der Waals surface area contributed by atoms with Crippen LogP contribution in [-0.2, 0) is 10.8 Å². The lowest BCUT2D eigenvalue weighted by atomic mass is 9.81. The van der Waals surface area contributed by atoms with Crippen molar-refractivity contribution in [2.75, 3.05) is 11.4 Å². The molecule has 0 saturated carbocycles. The van der Waals surface area contributed by atoms with Gasteiger partial charge in [0.25, 0.3) is 0 Å². The van der Waals surface area contributed by atoms with Crippen LogP contribution in [0.5, 0.6) is 0 Å². The Morgan fingerprint density at radius 2 is 1.56 bits per heavy atom. The van der Waals surface area contributed by atoms with Crippen LogP contribution in [0.3, 0.4) is 0 Å². The van der Waals surface area contributed by atoms with Crippen LogP contribution in [0.15, 0.2) is 77.4 Å². The van der Waals surface area contributed by atoms with E-state index in [0.29, 0.717) is 0 Å².